The van der Waals surface area contributed by atoms with Crippen molar-refractivity contribution in [2.45, 2.75) is 6.42 Å². The van der Waals surface area contributed by atoms with E-state index in [4.69, 9.17) is 4.74 Å². The maximum Gasteiger partial charge on any atom is 0.164 e. The van der Waals surface area contributed by atoms with Crippen molar-refractivity contribution in [3.8, 4) is 11.5 Å². The van der Waals surface area contributed by atoms with E-state index in [1.807, 2.05) is 49.5 Å². The van der Waals surface area contributed by atoms with E-state index < -0.39 is 0 Å². The smallest absolute Gasteiger partial charge is 0.164 e. The lowest BCUT2D eigenvalue weighted by molar-refractivity contribution is 0.0983. The molecular weight excluding hydrogens is 238 g/mol. The number of hydrogen-bond donors (Lipinski definition) is 1. The van der Waals surface area contributed by atoms with Gasteiger partial charge in [0.25, 0.3) is 0 Å². The number of ketones is 1. The predicted octanol–water partition coefficient (Wildman–Crippen LogP) is 3.27. The number of para-hydroxylation sites is 1. The molecule has 0 saturated carbocycles. The molecular formula is C16H17NO2. The molecule has 0 atom stereocenters. The molecule has 0 heterocycles. The predicted molar refractivity (Wildman–Crippen MR) is 75.8 cm³/mol. The molecule has 3 nitrogen and oxygen atoms in total. The molecule has 19 heavy (non-hydrogen) atoms. The van der Waals surface area contributed by atoms with Crippen LogP contribution in [0.25, 0.3) is 0 Å². The molecule has 2 aromatic carbocycles. The lowest BCUT2D eigenvalue weighted by Gasteiger charge is -2.06. The number of nitrogens with one attached hydrogen (secondary N) is 1. The fourth-order valence-electron chi connectivity index (χ4n) is 1.72. The van der Waals surface area contributed by atoms with E-state index in [-0.39, 0.29) is 5.78 Å². The summed E-state index contributed by atoms with van der Waals surface area (Å²) in [5.41, 5.74) is 0.718. The Morgan fingerprint density at radius 3 is 2.26 bits per heavy atom. The molecule has 1 N–H and O–H groups in total. The van der Waals surface area contributed by atoms with Gasteiger partial charge < -0.3 is 10.1 Å². The summed E-state index contributed by atoms with van der Waals surface area (Å²) in [5.74, 6) is 1.66. The quantitative estimate of drug-likeness (QED) is 0.805. The Balaban J connectivity index is 2.00. The van der Waals surface area contributed by atoms with Crippen LogP contribution < -0.4 is 10.1 Å². The summed E-state index contributed by atoms with van der Waals surface area (Å²) in [4.78, 5) is 11.8. The van der Waals surface area contributed by atoms with E-state index in [0.717, 1.165) is 17.1 Å². The number of ether oxygens (including phenoxy) is 1. The fraction of sp³-hybridized carbons (Fsp3) is 0.188. The van der Waals surface area contributed by atoms with Gasteiger partial charge in [0.05, 0.1) is 0 Å². The van der Waals surface area contributed by atoms with Crippen molar-refractivity contribution in [3.63, 3.8) is 0 Å². The van der Waals surface area contributed by atoms with Gasteiger partial charge in [-0.2, -0.15) is 0 Å². The summed E-state index contributed by atoms with van der Waals surface area (Å²) in [6, 6.07) is 16.8. The maximum atomic E-state index is 11.8. The van der Waals surface area contributed by atoms with Crippen molar-refractivity contribution < 1.29 is 9.53 Å². The molecule has 0 bridgehead atoms. The van der Waals surface area contributed by atoms with E-state index in [0.29, 0.717) is 13.0 Å². The van der Waals surface area contributed by atoms with Gasteiger partial charge in [0.1, 0.15) is 11.5 Å². The third-order valence-corrected chi connectivity index (χ3v) is 2.76. The van der Waals surface area contributed by atoms with Crippen molar-refractivity contribution in [2.24, 2.45) is 0 Å². The summed E-state index contributed by atoms with van der Waals surface area (Å²) in [6.45, 7) is 0.696. The summed E-state index contributed by atoms with van der Waals surface area (Å²) in [7, 11) is 1.84. The Labute approximate surface area is 113 Å². The van der Waals surface area contributed by atoms with Crippen molar-refractivity contribution in [3.05, 3.63) is 60.2 Å². The Morgan fingerprint density at radius 2 is 1.63 bits per heavy atom. The molecule has 0 aliphatic carbocycles. The first-order chi connectivity index (χ1) is 9.29. The Hall–Kier alpha value is -2.13. The highest BCUT2D eigenvalue weighted by Crippen LogP contribution is 2.21. The molecule has 2 aromatic rings. The maximum absolute atomic E-state index is 11.8. The van der Waals surface area contributed by atoms with Crippen molar-refractivity contribution in [2.75, 3.05) is 13.6 Å². The van der Waals surface area contributed by atoms with E-state index in [1.54, 1.807) is 12.1 Å². The monoisotopic (exact) mass is 255 g/mol. The van der Waals surface area contributed by atoms with E-state index in [2.05, 4.69) is 5.32 Å². The molecule has 0 unspecified atom stereocenters. The lowest BCUT2D eigenvalue weighted by Crippen LogP contribution is -2.12. The largest absolute Gasteiger partial charge is 0.457 e. The van der Waals surface area contributed by atoms with Gasteiger partial charge in [-0.05, 0) is 43.4 Å². The average Bonchev–Trinajstić information content (AvgIpc) is 2.46. The van der Waals surface area contributed by atoms with Crippen molar-refractivity contribution in [1.82, 2.24) is 5.32 Å². The van der Waals surface area contributed by atoms with E-state index >= 15 is 0 Å². The Kier molecular flexibility index (Phi) is 4.70. The molecule has 0 fully saturated rings. The van der Waals surface area contributed by atoms with Crippen LogP contribution in [0.15, 0.2) is 54.6 Å². The standard InChI is InChI=1S/C16H17NO2/c1-17-12-11-16(18)13-7-9-15(10-8-13)19-14-5-3-2-4-6-14/h2-10,17H,11-12H2,1H3. The summed E-state index contributed by atoms with van der Waals surface area (Å²) < 4.78 is 5.67. The minimum Gasteiger partial charge on any atom is -0.457 e. The molecule has 0 aliphatic rings. The molecule has 3 heteroatoms. The zero-order chi connectivity index (χ0) is 13.5. The zero-order valence-corrected chi connectivity index (χ0v) is 10.9. The number of hydrogen-bond acceptors (Lipinski definition) is 3. The normalized spacial score (nSPS) is 10.2. The van der Waals surface area contributed by atoms with Crippen LogP contribution in [-0.2, 0) is 0 Å². The Morgan fingerprint density at radius 1 is 1.00 bits per heavy atom. The summed E-state index contributed by atoms with van der Waals surface area (Å²) in [5, 5.41) is 2.97. The summed E-state index contributed by atoms with van der Waals surface area (Å²) in [6.07, 6.45) is 0.509. The van der Waals surface area contributed by atoms with Gasteiger partial charge in [-0.1, -0.05) is 18.2 Å². The highest BCUT2D eigenvalue weighted by atomic mass is 16.5. The molecule has 0 amide bonds. The molecule has 0 radical (unpaired) electrons. The van der Waals surface area contributed by atoms with Crippen LogP contribution in [-0.4, -0.2) is 19.4 Å². The third-order valence-electron chi connectivity index (χ3n) is 2.76. The third kappa shape index (κ3) is 3.93. The van der Waals surface area contributed by atoms with Gasteiger partial charge in [0.2, 0.25) is 0 Å². The van der Waals surface area contributed by atoms with Gasteiger partial charge >= 0.3 is 0 Å². The van der Waals surface area contributed by atoms with Crippen LogP contribution in [0, 0.1) is 0 Å². The first-order valence-electron chi connectivity index (χ1n) is 6.30. The van der Waals surface area contributed by atoms with Crippen molar-refractivity contribution in [1.29, 1.82) is 0 Å². The molecule has 0 aromatic heterocycles. The molecule has 2 rings (SSSR count). The number of carbonyl (C=O) groups is 1. The number of Topliss-reactive ketones (excluding diaryl/α,β-unsaturated/α-hetero) is 1. The van der Waals surface area contributed by atoms with Crippen LogP contribution in [0.5, 0.6) is 11.5 Å². The van der Waals surface area contributed by atoms with Crippen LogP contribution in [0.1, 0.15) is 16.8 Å². The highest BCUT2D eigenvalue weighted by Gasteiger charge is 2.05. The topological polar surface area (TPSA) is 38.3 Å². The SMILES string of the molecule is CNCCC(=O)c1ccc(Oc2ccccc2)cc1. The number of rotatable bonds is 6. The second kappa shape index (κ2) is 6.71. The van der Waals surface area contributed by atoms with Gasteiger partial charge in [0, 0.05) is 18.5 Å². The van der Waals surface area contributed by atoms with Crippen LogP contribution in [0.2, 0.25) is 0 Å². The lowest BCUT2D eigenvalue weighted by atomic mass is 10.1. The van der Waals surface area contributed by atoms with E-state index in [1.165, 1.54) is 0 Å². The second-order valence-electron chi connectivity index (χ2n) is 4.22. The second-order valence-corrected chi connectivity index (χ2v) is 4.22. The van der Waals surface area contributed by atoms with Crippen LogP contribution in [0.3, 0.4) is 0 Å². The number of carbonyl (C=O) groups excluding carboxylic acids is 1. The van der Waals surface area contributed by atoms with Crippen LogP contribution in [0.4, 0.5) is 0 Å². The van der Waals surface area contributed by atoms with Crippen LogP contribution >= 0.6 is 0 Å². The van der Waals surface area contributed by atoms with Gasteiger partial charge in [-0.25, -0.2) is 0 Å². The number of benzene rings is 2. The molecule has 0 aliphatic heterocycles. The highest BCUT2D eigenvalue weighted by molar-refractivity contribution is 5.96. The van der Waals surface area contributed by atoms with Crippen molar-refractivity contribution >= 4 is 5.78 Å². The molecule has 98 valence electrons. The minimum atomic E-state index is 0.139. The summed E-state index contributed by atoms with van der Waals surface area (Å²) >= 11 is 0. The minimum absolute atomic E-state index is 0.139. The van der Waals surface area contributed by atoms with Gasteiger partial charge in [-0.15, -0.1) is 0 Å². The van der Waals surface area contributed by atoms with Gasteiger partial charge in [-0.3, -0.25) is 4.79 Å². The van der Waals surface area contributed by atoms with Gasteiger partial charge in [0.15, 0.2) is 5.78 Å². The molecule has 0 saturated heterocycles. The Bertz CT molecular complexity index is 520. The first kappa shape index (κ1) is 13.3. The fourth-order valence-corrected chi connectivity index (χ4v) is 1.72. The average molecular weight is 255 g/mol. The zero-order valence-electron chi connectivity index (χ0n) is 10.9. The molecule has 0 spiro atoms. The first-order valence-corrected chi connectivity index (χ1v) is 6.30. The van der Waals surface area contributed by atoms with E-state index in [9.17, 15) is 4.79 Å².